The predicted molar refractivity (Wildman–Crippen MR) is 73.1 cm³/mol. The third-order valence-electron chi connectivity index (χ3n) is 3.92. The van der Waals surface area contributed by atoms with Crippen LogP contribution < -0.4 is 5.32 Å². The van der Waals surface area contributed by atoms with Crippen molar-refractivity contribution in [1.29, 1.82) is 0 Å². The van der Waals surface area contributed by atoms with Crippen LogP contribution in [0.4, 0.5) is 8.78 Å². The Hall–Kier alpha value is -1.82. The van der Waals surface area contributed by atoms with Crippen molar-refractivity contribution in [1.82, 2.24) is 15.5 Å². The predicted octanol–water partition coefficient (Wildman–Crippen LogP) is 3.08. The molecule has 6 heteroatoms. The molecule has 0 radical (unpaired) electrons. The van der Waals surface area contributed by atoms with Gasteiger partial charge in [-0.15, -0.1) is 10.2 Å². The van der Waals surface area contributed by atoms with Crippen molar-refractivity contribution in [3.05, 3.63) is 47.7 Å². The van der Waals surface area contributed by atoms with Gasteiger partial charge in [0.05, 0.1) is 12.0 Å². The summed E-state index contributed by atoms with van der Waals surface area (Å²) in [6.07, 6.45) is 0. The van der Waals surface area contributed by atoms with E-state index >= 15 is 0 Å². The number of hydrogen-bond acceptors (Lipinski definition) is 4. The highest BCUT2D eigenvalue weighted by molar-refractivity contribution is 5.32. The molecule has 3 rings (SSSR count). The number of alkyl halides is 2. The minimum absolute atomic E-state index is 0.217. The monoisotopic (exact) mass is 293 g/mol. The van der Waals surface area contributed by atoms with Gasteiger partial charge in [-0.05, 0) is 12.5 Å². The van der Waals surface area contributed by atoms with Gasteiger partial charge >= 0.3 is 0 Å². The SMILES string of the molecule is Cc1nnc(C(C)NC[C@@H]2[C@@H](c3ccccc3)C2(F)F)o1. The summed E-state index contributed by atoms with van der Waals surface area (Å²) in [4.78, 5) is 0. The third kappa shape index (κ3) is 2.68. The van der Waals surface area contributed by atoms with Crippen LogP contribution in [-0.2, 0) is 0 Å². The zero-order valence-electron chi connectivity index (χ0n) is 11.9. The van der Waals surface area contributed by atoms with Crippen LogP contribution in [0.3, 0.4) is 0 Å². The number of rotatable bonds is 5. The fraction of sp³-hybridized carbons (Fsp3) is 0.467. The van der Waals surface area contributed by atoms with Crippen LogP contribution in [-0.4, -0.2) is 22.7 Å². The van der Waals surface area contributed by atoms with Gasteiger partial charge in [-0.25, -0.2) is 8.78 Å². The van der Waals surface area contributed by atoms with Gasteiger partial charge in [-0.3, -0.25) is 0 Å². The second-order valence-corrected chi connectivity index (χ2v) is 5.46. The molecule has 0 saturated heterocycles. The lowest BCUT2D eigenvalue weighted by atomic mass is 10.1. The first-order chi connectivity index (χ1) is 10.00. The highest BCUT2D eigenvalue weighted by atomic mass is 19.3. The van der Waals surface area contributed by atoms with Crippen molar-refractivity contribution in [2.75, 3.05) is 6.54 Å². The van der Waals surface area contributed by atoms with Crippen molar-refractivity contribution >= 4 is 0 Å². The average Bonchev–Trinajstić information content (AvgIpc) is 2.80. The molecule has 1 unspecified atom stereocenters. The summed E-state index contributed by atoms with van der Waals surface area (Å²) in [6, 6.07) is 8.68. The van der Waals surface area contributed by atoms with Crippen molar-refractivity contribution < 1.29 is 13.2 Å². The van der Waals surface area contributed by atoms with E-state index in [4.69, 9.17) is 4.42 Å². The smallest absolute Gasteiger partial charge is 0.260 e. The summed E-state index contributed by atoms with van der Waals surface area (Å²) in [5, 5.41) is 10.7. The van der Waals surface area contributed by atoms with E-state index in [1.54, 1.807) is 31.2 Å². The van der Waals surface area contributed by atoms with Gasteiger partial charge in [-0.2, -0.15) is 0 Å². The number of halogens is 2. The van der Waals surface area contributed by atoms with Gasteiger partial charge in [0.2, 0.25) is 11.8 Å². The molecule has 21 heavy (non-hydrogen) atoms. The highest BCUT2D eigenvalue weighted by Gasteiger charge is 2.68. The van der Waals surface area contributed by atoms with Crippen molar-refractivity contribution in [2.24, 2.45) is 5.92 Å². The van der Waals surface area contributed by atoms with Gasteiger partial charge in [0.15, 0.2) is 0 Å². The van der Waals surface area contributed by atoms with Gasteiger partial charge < -0.3 is 9.73 Å². The number of nitrogens with zero attached hydrogens (tertiary/aromatic N) is 2. The van der Waals surface area contributed by atoms with Gasteiger partial charge in [0.25, 0.3) is 5.92 Å². The lowest BCUT2D eigenvalue weighted by molar-refractivity contribution is 0.0924. The molecule has 1 heterocycles. The molecule has 0 bridgehead atoms. The van der Waals surface area contributed by atoms with E-state index in [9.17, 15) is 8.78 Å². The fourth-order valence-corrected chi connectivity index (χ4v) is 2.64. The molecule has 1 saturated carbocycles. The molecule has 1 N–H and O–H groups in total. The molecular weight excluding hydrogens is 276 g/mol. The van der Waals surface area contributed by atoms with E-state index in [1.807, 2.05) is 13.0 Å². The maximum Gasteiger partial charge on any atom is 0.260 e. The number of benzene rings is 1. The molecule has 1 aliphatic rings. The van der Waals surface area contributed by atoms with Crippen LogP contribution in [0.5, 0.6) is 0 Å². The molecule has 2 aromatic rings. The molecule has 4 nitrogen and oxygen atoms in total. The average molecular weight is 293 g/mol. The second-order valence-electron chi connectivity index (χ2n) is 5.46. The Morgan fingerprint density at radius 2 is 2.00 bits per heavy atom. The largest absolute Gasteiger partial charge is 0.424 e. The van der Waals surface area contributed by atoms with Crippen molar-refractivity contribution in [2.45, 2.75) is 31.7 Å². The first-order valence-electron chi connectivity index (χ1n) is 6.96. The van der Waals surface area contributed by atoms with Crippen LogP contribution in [0.25, 0.3) is 0 Å². The quantitative estimate of drug-likeness (QED) is 0.920. The fourth-order valence-electron chi connectivity index (χ4n) is 2.64. The van der Waals surface area contributed by atoms with Crippen LogP contribution in [0, 0.1) is 12.8 Å². The highest BCUT2D eigenvalue weighted by Crippen LogP contribution is 2.61. The molecule has 0 spiro atoms. The van der Waals surface area contributed by atoms with E-state index < -0.39 is 17.8 Å². The van der Waals surface area contributed by atoms with E-state index in [-0.39, 0.29) is 12.6 Å². The summed E-state index contributed by atoms with van der Waals surface area (Å²) in [5.74, 6) is -3.15. The maximum absolute atomic E-state index is 13.9. The molecule has 3 atom stereocenters. The Balaban J connectivity index is 1.61. The minimum atomic E-state index is -2.65. The van der Waals surface area contributed by atoms with Gasteiger partial charge in [0.1, 0.15) is 0 Å². The molecule has 1 fully saturated rings. The zero-order valence-corrected chi connectivity index (χ0v) is 11.9. The summed E-state index contributed by atoms with van der Waals surface area (Å²) in [6.45, 7) is 3.74. The normalized spacial score (nSPS) is 24.8. The lowest BCUT2D eigenvalue weighted by Crippen LogP contribution is -2.23. The first kappa shape index (κ1) is 14.1. The molecule has 112 valence electrons. The number of aromatic nitrogens is 2. The Kier molecular flexibility index (Phi) is 3.49. The zero-order chi connectivity index (χ0) is 15.0. The third-order valence-corrected chi connectivity index (χ3v) is 3.92. The van der Waals surface area contributed by atoms with Crippen molar-refractivity contribution in [3.63, 3.8) is 0 Å². The first-order valence-corrected chi connectivity index (χ1v) is 6.96. The second kappa shape index (κ2) is 5.18. The van der Waals surface area contributed by atoms with E-state index in [2.05, 4.69) is 15.5 Å². The number of hydrogen-bond donors (Lipinski definition) is 1. The van der Waals surface area contributed by atoms with Crippen LogP contribution in [0.1, 0.15) is 36.2 Å². The molecule has 1 aliphatic carbocycles. The lowest BCUT2D eigenvalue weighted by Gasteiger charge is -2.08. The van der Waals surface area contributed by atoms with E-state index in [1.165, 1.54) is 0 Å². The number of aryl methyl sites for hydroxylation is 1. The Morgan fingerprint density at radius 1 is 1.29 bits per heavy atom. The number of nitrogens with one attached hydrogen (secondary N) is 1. The molecular formula is C15H17F2N3O. The van der Waals surface area contributed by atoms with Crippen molar-refractivity contribution in [3.8, 4) is 0 Å². The Morgan fingerprint density at radius 3 is 2.62 bits per heavy atom. The standard InChI is InChI=1S/C15H17F2N3O/c1-9(14-20-19-10(2)21-14)18-8-12-13(15(12,16)17)11-6-4-3-5-7-11/h3-7,9,12-13,18H,8H2,1-2H3/t9?,12-,13-/m1/s1. The summed E-state index contributed by atoms with van der Waals surface area (Å²) >= 11 is 0. The van der Waals surface area contributed by atoms with Crippen LogP contribution in [0.2, 0.25) is 0 Å². The molecule has 0 amide bonds. The maximum atomic E-state index is 13.9. The van der Waals surface area contributed by atoms with Crippen LogP contribution >= 0.6 is 0 Å². The van der Waals surface area contributed by atoms with E-state index in [0.717, 1.165) is 0 Å². The minimum Gasteiger partial charge on any atom is -0.424 e. The van der Waals surface area contributed by atoms with Gasteiger partial charge in [-0.1, -0.05) is 30.3 Å². The molecule has 0 aliphatic heterocycles. The van der Waals surface area contributed by atoms with Gasteiger partial charge in [0, 0.05) is 19.4 Å². The Bertz CT molecular complexity index is 614. The Labute approximate surface area is 121 Å². The van der Waals surface area contributed by atoms with E-state index in [0.29, 0.717) is 17.3 Å². The van der Waals surface area contributed by atoms with Crippen LogP contribution in [0.15, 0.2) is 34.7 Å². The summed E-state index contributed by atoms with van der Waals surface area (Å²) in [5.41, 5.74) is 0.690. The molecule has 1 aromatic heterocycles. The summed E-state index contributed by atoms with van der Waals surface area (Å²) in [7, 11) is 0. The summed E-state index contributed by atoms with van der Waals surface area (Å²) < 4.78 is 33.1. The molecule has 1 aromatic carbocycles. The topological polar surface area (TPSA) is 51.0 Å².